The molecule has 0 bridgehead atoms. The van der Waals surface area contributed by atoms with Gasteiger partial charge in [0.15, 0.2) is 15.7 Å². The van der Waals surface area contributed by atoms with Gasteiger partial charge in [-0.2, -0.15) is 5.10 Å². The van der Waals surface area contributed by atoms with E-state index in [1.165, 1.54) is 36.4 Å². The smallest absolute Gasteiger partial charge is 0.257 e. The SMILES string of the molecule is CC(C)(C)N=C(NC(=O)c1ccc(S(C)(=O)=O)cc1)Nc1cc(-c2ccc(F)cc2)[nH]n1. The Morgan fingerprint density at radius 3 is 2.25 bits per heavy atom. The average Bonchev–Trinajstić information content (AvgIpc) is 3.15. The van der Waals surface area contributed by atoms with Crippen LogP contribution in [0.3, 0.4) is 0 Å². The summed E-state index contributed by atoms with van der Waals surface area (Å²) in [4.78, 5) is 17.3. The van der Waals surface area contributed by atoms with Crippen LogP contribution in [-0.4, -0.2) is 42.3 Å². The van der Waals surface area contributed by atoms with Crippen molar-refractivity contribution < 1.29 is 17.6 Å². The summed E-state index contributed by atoms with van der Waals surface area (Å²) < 4.78 is 36.4. The first-order valence-electron chi connectivity index (χ1n) is 9.70. The van der Waals surface area contributed by atoms with Gasteiger partial charge < -0.3 is 5.32 Å². The number of amides is 1. The Balaban J connectivity index is 1.80. The molecule has 1 heterocycles. The fourth-order valence-electron chi connectivity index (χ4n) is 2.74. The van der Waals surface area contributed by atoms with Gasteiger partial charge in [0.2, 0.25) is 5.96 Å². The van der Waals surface area contributed by atoms with E-state index in [0.717, 1.165) is 11.8 Å². The van der Waals surface area contributed by atoms with Crippen molar-refractivity contribution in [3.05, 3.63) is 66.0 Å². The Morgan fingerprint density at radius 1 is 1.06 bits per heavy atom. The van der Waals surface area contributed by atoms with Crippen LogP contribution < -0.4 is 10.6 Å². The first kappa shape index (κ1) is 23.1. The van der Waals surface area contributed by atoms with Crippen LogP contribution in [0.15, 0.2) is 64.5 Å². The number of benzene rings is 2. The maximum atomic E-state index is 13.2. The van der Waals surface area contributed by atoms with Crippen LogP contribution in [0, 0.1) is 5.82 Å². The van der Waals surface area contributed by atoms with Crippen molar-refractivity contribution in [2.45, 2.75) is 31.2 Å². The summed E-state index contributed by atoms with van der Waals surface area (Å²) in [5, 5.41) is 12.7. The first-order chi connectivity index (χ1) is 14.9. The van der Waals surface area contributed by atoms with Crippen LogP contribution in [0.1, 0.15) is 31.1 Å². The van der Waals surface area contributed by atoms with Crippen molar-refractivity contribution in [3.8, 4) is 11.3 Å². The number of guanidine groups is 1. The Bertz CT molecular complexity index is 1240. The molecule has 10 heteroatoms. The number of halogens is 1. The quantitative estimate of drug-likeness (QED) is 0.409. The van der Waals surface area contributed by atoms with Crippen molar-refractivity contribution in [1.29, 1.82) is 0 Å². The van der Waals surface area contributed by atoms with Crippen LogP contribution in [0.5, 0.6) is 0 Å². The molecule has 0 atom stereocenters. The average molecular weight is 458 g/mol. The number of carbonyl (C=O) groups excluding carboxylic acids is 1. The highest BCUT2D eigenvalue weighted by molar-refractivity contribution is 7.90. The predicted octanol–water partition coefficient (Wildman–Crippen LogP) is 3.62. The molecule has 3 rings (SSSR count). The molecule has 0 aliphatic heterocycles. The number of aliphatic imine (C=N–C) groups is 1. The summed E-state index contributed by atoms with van der Waals surface area (Å²) in [6.45, 7) is 5.61. The van der Waals surface area contributed by atoms with Crippen molar-refractivity contribution in [2.75, 3.05) is 11.6 Å². The highest BCUT2D eigenvalue weighted by Crippen LogP contribution is 2.20. The largest absolute Gasteiger partial charge is 0.309 e. The molecule has 3 aromatic rings. The second-order valence-electron chi connectivity index (χ2n) is 8.18. The third-order valence-corrected chi connectivity index (χ3v) is 5.33. The number of rotatable bonds is 4. The summed E-state index contributed by atoms with van der Waals surface area (Å²) in [5.74, 6) is -0.222. The van der Waals surface area contributed by atoms with E-state index in [1.54, 1.807) is 18.2 Å². The van der Waals surface area contributed by atoms with Crippen LogP contribution in [0.25, 0.3) is 11.3 Å². The van der Waals surface area contributed by atoms with Gasteiger partial charge in [0, 0.05) is 17.9 Å². The van der Waals surface area contributed by atoms with E-state index in [2.05, 4.69) is 25.8 Å². The molecule has 32 heavy (non-hydrogen) atoms. The molecule has 0 aliphatic carbocycles. The van der Waals surface area contributed by atoms with Gasteiger partial charge in [-0.3, -0.25) is 15.2 Å². The third-order valence-electron chi connectivity index (χ3n) is 4.20. The molecule has 0 saturated carbocycles. The molecule has 0 radical (unpaired) electrons. The molecule has 0 saturated heterocycles. The molecule has 0 aliphatic rings. The second-order valence-corrected chi connectivity index (χ2v) is 10.2. The van der Waals surface area contributed by atoms with E-state index in [4.69, 9.17) is 0 Å². The number of aromatic amines is 1. The lowest BCUT2D eigenvalue weighted by atomic mass is 10.1. The lowest BCUT2D eigenvalue weighted by molar-refractivity contribution is 0.0976. The van der Waals surface area contributed by atoms with E-state index in [1.807, 2.05) is 20.8 Å². The van der Waals surface area contributed by atoms with Gasteiger partial charge in [0.25, 0.3) is 5.91 Å². The maximum Gasteiger partial charge on any atom is 0.257 e. The van der Waals surface area contributed by atoms with Gasteiger partial charge in [0.05, 0.1) is 16.1 Å². The van der Waals surface area contributed by atoms with Gasteiger partial charge in [-0.25, -0.2) is 17.8 Å². The number of carbonyl (C=O) groups is 1. The summed E-state index contributed by atoms with van der Waals surface area (Å²) in [5.41, 5.74) is 1.17. The number of anilines is 1. The molecule has 1 aromatic heterocycles. The molecule has 0 spiro atoms. The highest BCUT2D eigenvalue weighted by atomic mass is 32.2. The zero-order valence-corrected chi connectivity index (χ0v) is 18.9. The van der Waals surface area contributed by atoms with Crippen LogP contribution >= 0.6 is 0 Å². The third kappa shape index (κ3) is 6.24. The fraction of sp³-hybridized carbons (Fsp3) is 0.227. The number of sulfone groups is 1. The highest BCUT2D eigenvalue weighted by Gasteiger charge is 2.16. The first-order valence-corrected chi connectivity index (χ1v) is 11.6. The minimum absolute atomic E-state index is 0.126. The lowest BCUT2D eigenvalue weighted by Crippen LogP contribution is -2.38. The Morgan fingerprint density at radius 2 is 1.69 bits per heavy atom. The Labute approximate surface area is 185 Å². The zero-order valence-electron chi connectivity index (χ0n) is 18.1. The molecule has 0 fully saturated rings. The monoisotopic (exact) mass is 457 g/mol. The van der Waals surface area contributed by atoms with Gasteiger partial charge >= 0.3 is 0 Å². The van der Waals surface area contributed by atoms with E-state index < -0.39 is 21.3 Å². The topological polar surface area (TPSA) is 116 Å². The number of hydrogen-bond donors (Lipinski definition) is 3. The van der Waals surface area contributed by atoms with Gasteiger partial charge in [0.1, 0.15) is 5.82 Å². The van der Waals surface area contributed by atoms with Gasteiger partial charge in [-0.15, -0.1) is 0 Å². The predicted molar refractivity (Wildman–Crippen MR) is 122 cm³/mol. The Kier molecular flexibility index (Phi) is 6.45. The summed E-state index contributed by atoms with van der Waals surface area (Å²) in [6, 6.07) is 13.3. The van der Waals surface area contributed by atoms with Crippen molar-refractivity contribution in [2.24, 2.45) is 4.99 Å². The van der Waals surface area contributed by atoms with Crippen LogP contribution in [0.2, 0.25) is 0 Å². The zero-order chi connectivity index (χ0) is 23.5. The van der Waals surface area contributed by atoms with Crippen molar-refractivity contribution in [1.82, 2.24) is 15.5 Å². The van der Waals surface area contributed by atoms with Crippen LogP contribution in [-0.2, 0) is 9.84 Å². The standard InChI is InChI=1S/C22H24FN5O3S/c1-22(2,3)26-21(25-20(29)15-7-11-17(12-8-15)32(4,30)31)24-19-13-18(27-28-19)14-5-9-16(23)10-6-14/h5-13H,1-4H3,(H3,24,25,26,27,28,29). The van der Waals surface area contributed by atoms with E-state index in [0.29, 0.717) is 11.5 Å². The minimum atomic E-state index is -3.36. The number of H-pyrrole nitrogens is 1. The van der Waals surface area contributed by atoms with E-state index in [9.17, 15) is 17.6 Å². The molecular weight excluding hydrogens is 433 g/mol. The fourth-order valence-corrected chi connectivity index (χ4v) is 3.37. The molecular formula is C22H24FN5O3S. The van der Waals surface area contributed by atoms with E-state index >= 15 is 0 Å². The van der Waals surface area contributed by atoms with Gasteiger partial charge in [-0.05, 0) is 74.9 Å². The normalized spacial score (nSPS) is 12.5. The number of nitrogens with one attached hydrogen (secondary N) is 3. The van der Waals surface area contributed by atoms with E-state index in [-0.39, 0.29) is 22.2 Å². The second kappa shape index (κ2) is 8.91. The van der Waals surface area contributed by atoms with Crippen molar-refractivity contribution in [3.63, 3.8) is 0 Å². The van der Waals surface area contributed by atoms with Crippen LogP contribution in [0.4, 0.5) is 10.2 Å². The number of nitrogens with zero attached hydrogens (tertiary/aromatic N) is 2. The molecule has 2 aromatic carbocycles. The maximum absolute atomic E-state index is 13.2. The number of hydrogen-bond acceptors (Lipinski definition) is 5. The molecule has 8 nitrogen and oxygen atoms in total. The van der Waals surface area contributed by atoms with Gasteiger partial charge in [-0.1, -0.05) is 0 Å². The summed E-state index contributed by atoms with van der Waals surface area (Å²) >= 11 is 0. The summed E-state index contributed by atoms with van der Waals surface area (Å²) in [7, 11) is -3.36. The Hall–Kier alpha value is -3.53. The molecule has 3 N–H and O–H groups in total. The molecule has 168 valence electrons. The minimum Gasteiger partial charge on any atom is -0.309 e. The molecule has 1 amide bonds. The number of aromatic nitrogens is 2. The lowest BCUT2D eigenvalue weighted by Gasteiger charge is -2.17. The van der Waals surface area contributed by atoms with Crippen molar-refractivity contribution >= 4 is 27.5 Å². The molecule has 0 unspecified atom stereocenters. The summed E-state index contributed by atoms with van der Waals surface area (Å²) in [6.07, 6.45) is 1.10.